The van der Waals surface area contributed by atoms with Gasteiger partial charge in [0.2, 0.25) is 0 Å². The summed E-state index contributed by atoms with van der Waals surface area (Å²) < 4.78 is 11.3. The third-order valence-electron chi connectivity index (χ3n) is 3.31. The monoisotopic (exact) mass is 273 g/mol. The summed E-state index contributed by atoms with van der Waals surface area (Å²) in [5.41, 5.74) is 1.59. The summed E-state index contributed by atoms with van der Waals surface area (Å²) in [6.07, 6.45) is 1.16. The fourth-order valence-corrected chi connectivity index (χ4v) is 2.37. The number of nitrogens with zero attached hydrogens (tertiary/aromatic N) is 1. The Hall–Kier alpha value is -2.02. The molecule has 2 atom stereocenters. The topological polar surface area (TPSA) is 59.3 Å². The number of rotatable bonds is 5. The Morgan fingerprint density at radius 1 is 1.60 bits per heavy atom. The second-order valence-electron chi connectivity index (χ2n) is 5.18. The fraction of sp³-hybridized carbons (Fsp3) is 0.500. The van der Waals surface area contributed by atoms with E-state index in [1.807, 2.05) is 19.9 Å². The number of hydrogen-bond donors (Lipinski definition) is 0. The Labute approximate surface area is 119 Å². The molecule has 1 aromatic rings. The van der Waals surface area contributed by atoms with Crippen LogP contribution in [0.5, 0.6) is 11.5 Å². The average Bonchev–Trinajstić information content (AvgIpc) is 2.77. The number of carbonyl (C=O) groups is 1. The molecule has 1 heterocycles. The van der Waals surface area contributed by atoms with E-state index in [0.717, 1.165) is 17.7 Å². The maximum Gasteiger partial charge on any atom is 0.168 e. The van der Waals surface area contributed by atoms with Crippen LogP contribution in [0.4, 0.5) is 0 Å². The first-order valence-electron chi connectivity index (χ1n) is 6.94. The number of hydrogen-bond acceptors (Lipinski definition) is 4. The van der Waals surface area contributed by atoms with E-state index in [2.05, 4.69) is 6.07 Å². The number of benzene rings is 1. The van der Waals surface area contributed by atoms with Crippen molar-refractivity contribution in [1.29, 1.82) is 5.26 Å². The number of fused-ring (bicyclic) bond motifs is 1. The lowest BCUT2D eigenvalue weighted by Crippen LogP contribution is -2.08. The van der Waals surface area contributed by atoms with Gasteiger partial charge in [0.1, 0.15) is 17.6 Å². The Morgan fingerprint density at radius 2 is 2.35 bits per heavy atom. The van der Waals surface area contributed by atoms with Crippen LogP contribution in [-0.2, 0) is 6.42 Å². The van der Waals surface area contributed by atoms with Crippen molar-refractivity contribution < 1.29 is 14.3 Å². The Balaban J connectivity index is 2.34. The maximum absolute atomic E-state index is 12.3. The molecule has 0 spiro atoms. The van der Waals surface area contributed by atoms with Crippen molar-refractivity contribution in [3.05, 3.63) is 23.3 Å². The number of Topliss-reactive ketones (excluding diaryl/α,β-unsaturated/α-hetero) is 1. The van der Waals surface area contributed by atoms with Crippen LogP contribution in [0.15, 0.2) is 12.1 Å². The van der Waals surface area contributed by atoms with Crippen LogP contribution in [0.2, 0.25) is 0 Å². The molecule has 0 saturated carbocycles. The molecule has 4 heteroatoms. The molecule has 1 aliphatic rings. The lowest BCUT2D eigenvalue weighted by Gasteiger charge is -2.12. The van der Waals surface area contributed by atoms with Crippen molar-refractivity contribution in [1.82, 2.24) is 0 Å². The van der Waals surface area contributed by atoms with E-state index in [0.29, 0.717) is 17.9 Å². The highest BCUT2D eigenvalue weighted by Gasteiger charge is 2.24. The molecule has 4 nitrogen and oxygen atoms in total. The van der Waals surface area contributed by atoms with Crippen LogP contribution in [-0.4, -0.2) is 18.5 Å². The van der Waals surface area contributed by atoms with Crippen molar-refractivity contribution >= 4 is 5.78 Å². The van der Waals surface area contributed by atoms with Gasteiger partial charge in [-0.15, -0.1) is 0 Å². The van der Waals surface area contributed by atoms with Gasteiger partial charge in [-0.2, -0.15) is 5.26 Å². The molecule has 0 fully saturated rings. The molecule has 0 saturated heterocycles. The lowest BCUT2D eigenvalue weighted by molar-refractivity contribution is 0.0968. The summed E-state index contributed by atoms with van der Waals surface area (Å²) in [6.45, 7) is 6.13. The Kier molecular flexibility index (Phi) is 4.29. The van der Waals surface area contributed by atoms with Crippen molar-refractivity contribution in [2.45, 2.75) is 39.7 Å². The molecule has 0 aromatic heterocycles. The number of ketones is 1. The zero-order chi connectivity index (χ0) is 14.7. The van der Waals surface area contributed by atoms with Crippen molar-refractivity contribution in [2.24, 2.45) is 5.92 Å². The predicted molar refractivity (Wildman–Crippen MR) is 75.1 cm³/mol. The summed E-state index contributed by atoms with van der Waals surface area (Å²) in [7, 11) is 0. The van der Waals surface area contributed by atoms with E-state index < -0.39 is 0 Å². The highest BCUT2D eigenvalue weighted by molar-refractivity contribution is 5.99. The van der Waals surface area contributed by atoms with E-state index in [9.17, 15) is 4.79 Å². The highest BCUT2D eigenvalue weighted by Crippen LogP contribution is 2.35. The second-order valence-corrected chi connectivity index (χ2v) is 5.18. The minimum atomic E-state index is -0.301. The zero-order valence-electron chi connectivity index (χ0n) is 12.1. The average molecular weight is 273 g/mol. The first kappa shape index (κ1) is 14.4. The van der Waals surface area contributed by atoms with Crippen LogP contribution in [0.25, 0.3) is 0 Å². The lowest BCUT2D eigenvalue weighted by atomic mass is 9.98. The third-order valence-corrected chi connectivity index (χ3v) is 3.31. The largest absolute Gasteiger partial charge is 0.493 e. The number of nitriles is 1. The molecule has 106 valence electrons. The Morgan fingerprint density at radius 3 is 3.00 bits per heavy atom. The van der Waals surface area contributed by atoms with E-state index in [1.54, 1.807) is 13.0 Å². The predicted octanol–water partition coefficient (Wildman–Crippen LogP) is 3.14. The molecule has 1 aliphatic heterocycles. The second kappa shape index (κ2) is 5.96. The van der Waals surface area contributed by atoms with Crippen molar-refractivity contribution in [3.8, 4) is 17.6 Å². The molecule has 0 radical (unpaired) electrons. The van der Waals surface area contributed by atoms with Gasteiger partial charge < -0.3 is 9.47 Å². The molecule has 1 aromatic carbocycles. The molecule has 2 unspecified atom stereocenters. The van der Waals surface area contributed by atoms with Gasteiger partial charge in [-0.25, -0.2) is 0 Å². The van der Waals surface area contributed by atoms with Gasteiger partial charge in [-0.3, -0.25) is 4.79 Å². The quantitative estimate of drug-likeness (QED) is 0.773. The Bertz CT molecular complexity index is 560. The molecule has 0 bridgehead atoms. The van der Waals surface area contributed by atoms with Gasteiger partial charge in [0.15, 0.2) is 5.78 Å². The van der Waals surface area contributed by atoms with E-state index in [-0.39, 0.29) is 24.2 Å². The van der Waals surface area contributed by atoms with Crippen molar-refractivity contribution in [3.63, 3.8) is 0 Å². The minimum absolute atomic E-state index is 0.0755. The summed E-state index contributed by atoms with van der Waals surface area (Å²) >= 11 is 0. The third kappa shape index (κ3) is 2.93. The van der Waals surface area contributed by atoms with Crippen LogP contribution >= 0.6 is 0 Å². The minimum Gasteiger partial charge on any atom is -0.493 e. The van der Waals surface area contributed by atoms with Crippen molar-refractivity contribution in [2.75, 3.05) is 6.61 Å². The summed E-state index contributed by atoms with van der Waals surface area (Å²) in [6, 6.07) is 5.74. The van der Waals surface area contributed by atoms with E-state index >= 15 is 0 Å². The molecule has 0 aliphatic carbocycles. The molecule has 0 N–H and O–H groups in total. The zero-order valence-corrected chi connectivity index (χ0v) is 12.1. The smallest absolute Gasteiger partial charge is 0.168 e. The van der Waals surface area contributed by atoms with Gasteiger partial charge >= 0.3 is 0 Å². The van der Waals surface area contributed by atoms with E-state index in [1.165, 1.54) is 0 Å². The summed E-state index contributed by atoms with van der Waals surface area (Å²) in [5, 5.41) is 8.83. The SMILES string of the molecule is CCOc1cc2c(cc1C(=O)CC(C)C#N)OC(C)C2. The van der Waals surface area contributed by atoms with Gasteiger partial charge in [0, 0.05) is 18.4 Å². The molecule has 20 heavy (non-hydrogen) atoms. The first-order chi connectivity index (χ1) is 9.55. The van der Waals surface area contributed by atoms with Crippen LogP contribution in [0, 0.1) is 17.2 Å². The van der Waals surface area contributed by atoms with Crippen LogP contribution < -0.4 is 9.47 Å². The van der Waals surface area contributed by atoms with Crippen LogP contribution in [0.1, 0.15) is 43.1 Å². The molecule has 0 amide bonds. The molecular weight excluding hydrogens is 254 g/mol. The van der Waals surface area contributed by atoms with Gasteiger partial charge in [-0.05, 0) is 32.9 Å². The van der Waals surface area contributed by atoms with Gasteiger partial charge in [0.25, 0.3) is 0 Å². The van der Waals surface area contributed by atoms with Gasteiger partial charge in [0.05, 0.1) is 24.2 Å². The van der Waals surface area contributed by atoms with E-state index in [4.69, 9.17) is 14.7 Å². The standard InChI is InChI=1S/C16H19NO3/c1-4-19-16-7-12-6-11(3)20-15(12)8-13(16)14(18)5-10(2)9-17/h7-8,10-11H,4-6H2,1-3H3. The van der Waals surface area contributed by atoms with Gasteiger partial charge in [-0.1, -0.05) is 0 Å². The summed E-state index contributed by atoms with van der Waals surface area (Å²) in [5.74, 6) is 0.978. The van der Waals surface area contributed by atoms with Crippen LogP contribution in [0.3, 0.4) is 0 Å². The molecular formula is C16H19NO3. The molecule has 2 rings (SSSR count). The maximum atomic E-state index is 12.3. The number of ether oxygens (including phenoxy) is 2. The first-order valence-corrected chi connectivity index (χ1v) is 6.94. The fourth-order valence-electron chi connectivity index (χ4n) is 2.37. The normalized spacial score (nSPS) is 17.8. The summed E-state index contributed by atoms with van der Waals surface area (Å²) in [4.78, 5) is 12.3. The number of carbonyl (C=O) groups excluding carboxylic acids is 1. The highest BCUT2D eigenvalue weighted by atomic mass is 16.5.